The van der Waals surface area contributed by atoms with Crippen molar-refractivity contribution in [3.63, 3.8) is 0 Å². The minimum absolute atomic E-state index is 0.00317. The number of likely N-dealkylation sites (tertiary alicyclic amines) is 1. The molecule has 1 amide bonds. The number of aromatic nitrogens is 3. The zero-order valence-corrected chi connectivity index (χ0v) is 13.4. The lowest BCUT2D eigenvalue weighted by atomic mass is 9.95. The maximum absolute atomic E-state index is 13.8. The third-order valence-electron chi connectivity index (χ3n) is 4.39. The molecule has 1 aromatic carbocycles. The standard InChI is InChI=1S/C17H19FN4O2/c1-12(23)16-9-13(8-14-4-2-3-5-15(14)18)10-21(16)17(24)11-22-19-6-7-20-22/h2-7,13,16H,8-11H2,1H3/t13-,16+/m1/s1. The highest BCUT2D eigenvalue weighted by Crippen LogP contribution is 2.28. The first-order valence-electron chi connectivity index (χ1n) is 7.92. The first kappa shape index (κ1) is 16.3. The van der Waals surface area contributed by atoms with Gasteiger partial charge in [-0.1, -0.05) is 18.2 Å². The Balaban J connectivity index is 1.71. The Labute approximate surface area is 139 Å². The molecule has 2 aromatic rings. The summed E-state index contributed by atoms with van der Waals surface area (Å²) in [6.45, 7) is 1.93. The van der Waals surface area contributed by atoms with Crippen molar-refractivity contribution >= 4 is 11.7 Å². The molecule has 1 fully saturated rings. The number of hydrogen-bond acceptors (Lipinski definition) is 4. The van der Waals surface area contributed by atoms with Gasteiger partial charge in [0.25, 0.3) is 0 Å². The van der Waals surface area contributed by atoms with Crippen molar-refractivity contribution in [2.75, 3.05) is 6.54 Å². The summed E-state index contributed by atoms with van der Waals surface area (Å²) in [5.74, 6) is -0.428. The Bertz CT molecular complexity index is 732. The van der Waals surface area contributed by atoms with Crippen LogP contribution in [-0.2, 0) is 22.6 Å². The fourth-order valence-electron chi connectivity index (χ4n) is 3.24. The molecule has 6 nitrogen and oxygen atoms in total. The van der Waals surface area contributed by atoms with Crippen LogP contribution in [-0.4, -0.2) is 44.2 Å². The van der Waals surface area contributed by atoms with Gasteiger partial charge in [-0.25, -0.2) is 4.39 Å². The van der Waals surface area contributed by atoms with Gasteiger partial charge in [0, 0.05) is 6.54 Å². The molecule has 0 radical (unpaired) electrons. The average Bonchev–Trinajstić information content (AvgIpc) is 3.19. The largest absolute Gasteiger partial charge is 0.331 e. The van der Waals surface area contributed by atoms with E-state index >= 15 is 0 Å². The Morgan fingerprint density at radius 3 is 2.62 bits per heavy atom. The van der Waals surface area contributed by atoms with Crippen LogP contribution < -0.4 is 0 Å². The fraction of sp³-hybridized carbons (Fsp3) is 0.412. The number of amides is 1. The van der Waals surface area contributed by atoms with Gasteiger partial charge < -0.3 is 4.90 Å². The summed E-state index contributed by atoms with van der Waals surface area (Å²) >= 11 is 0. The van der Waals surface area contributed by atoms with E-state index in [2.05, 4.69) is 10.2 Å². The number of carbonyl (C=O) groups excluding carboxylic acids is 2. The number of rotatable bonds is 5. The SMILES string of the molecule is CC(=O)[C@@H]1C[C@@H](Cc2ccccc2F)CN1C(=O)Cn1nccn1. The third-order valence-corrected chi connectivity index (χ3v) is 4.39. The number of benzene rings is 1. The average molecular weight is 330 g/mol. The van der Waals surface area contributed by atoms with E-state index in [9.17, 15) is 14.0 Å². The van der Waals surface area contributed by atoms with Crippen LogP contribution in [0.2, 0.25) is 0 Å². The topological polar surface area (TPSA) is 68.1 Å². The van der Waals surface area contributed by atoms with Crippen LogP contribution in [0, 0.1) is 11.7 Å². The number of nitrogens with zero attached hydrogens (tertiary/aromatic N) is 4. The molecule has 1 aliphatic heterocycles. The van der Waals surface area contributed by atoms with E-state index in [0.717, 1.165) is 0 Å². The Morgan fingerprint density at radius 1 is 1.25 bits per heavy atom. The van der Waals surface area contributed by atoms with E-state index in [4.69, 9.17) is 0 Å². The summed E-state index contributed by atoms with van der Waals surface area (Å²) in [5, 5.41) is 7.84. The van der Waals surface area contributed by atoms with Crippen molar-refractivity contribution in [1.82, 2.24) is 19.9 Å². The van der Waals surface area contributed by atoms with Crippen molar-refractivity contribution in [3.05, 3.63) is 48.0 Å². The smallest absolute Gasteiger partial charge is 0.246 e. The van der Waals surface area contributed by atoms with Gasteiger partial charge in [-0.2, -0.15) is 15.0 Å². The molecule has 1 aliphatic rings. The predicted molar refractivity (Wildman–Crippen MR) is 84.4 cm³/mol. The molecular formula is C17H19FN4O2. The van der Waals surface area contributed by atoms with Crippen LogP contribution in [0.25, 0.3) is 0 Å². The molecule has 2 heterocycles. The highest BCUT2D eigenvalue weighted by molar-refractivity contribution is 5.88. The van der Waals surface area contributed by atoms with Gasteiger partial charge in [0.2, 0.25) is 5.91 Å². The summed E-state index contributed by atoms with van der Waals surface area (Å²) in [4.78, 5) is 27.3. The molecule has 2 atom stereocenters. The van der Waals surface area contributed by atoms with Crippen molar-refractivity contribution in [1.29, 1.82) is 0 Å². The Kier molecular flexibility index (Phi) is 4.69. The summed E-state index contributed by atoms with van der Waals surface area (Å²) in [7, 11) is 0. The second-order valence-electron chi connectivity index (χ2n) is 6.13. The van der Waals surface area contributed by atoms with Crippen LogP contribution in [0.3, 0.4) is 0 Å². The second kappa shape index (κ2) is 6.90. The van der Waals surface area contributed by atoms with Crippen LogP contribution in [0.5, 0.6) is 0 Å². The zero-order chi connectivity index (χ0) is 17.1. The highest BCUT2D eigenvalue weighted by Gasteiger charge is 2.38. The van der Waals surface area contributed by atoms with E-state index in [0.29, 0.717) is 24.9 Å². The van der Waals surface area contributed by atoms with Crippen LogP contribution >= 0.6 is 0 Å². The Hall–Kier alpha value is -2.57. The Morgan fingerprint density at radius 2 is 1.96 bits per heavy atom. The lowest BCUT2D eigenvalue weighted by Gasteiger charge is -2.22. The van der Waals surface area contributed by atoms with Crippen LogP contribution in [0.15, 0.2) is 36.7 Å². The third kappa shape index (κ3) is 3.50. The first-order valence-corrected chi connectivity index (χ1v) is 7.92. The van der Waals surface area contributed by atoms with Crippen molar-refractivity contribution < 1.29 is 14.0 Å². The molecule has 0 aliphatic carbocycles. The van der Waals surface area contributed by atoms with Crippen LogP contribution in [0.1, 0.15) is 18.9 Å². The maximum Gasteiger partial charge on any atom is 0.246 e. The number of halogens is 1. The van der Waals surface area contributed by atoms with Gasteiger partial charge in [-0.3, -0.25) is 9.59 Å². The van der Waals surface area contributed by atoms with E-state index in [1.807, 2.05) is 0 Å². The molecule has 1 saturated heterocycles. The fourth-order valence-corrected chi connectivity index (χ4v) is 3.24. The number of ketones is 1. The monoisotopic (exact) mass is 330 g/mol. The molecule has 24 heavy (non-hydrogen) atoms. The normalized spacial score (nSPS) is 20.3. The zero-order valence-electron chi connectivity index (χ0n) is 13.4. The summed E-state index contributed by atoms with van der Waals surface area (Å²) in [5.41, 5.74) is 0.618. The molecule has 3 rings (SSSR count). The van der Waals surface area contributed by atoms with Gasteiger partial charge >= 0.3 is 0 Å². The van der Waals surface area contributed by atoms with E-state index in [1.54, 1.807) is 23.1 Å². The lowest BCUT2D eigenvalue weighted by molar-refractivity contribution is -0.137. The summed E-state index contributed by atoms with van der Waals surface area (Å²) in [6, 6.07) is 6.17. The van der Waals surface area contributed by atoms with Crippen molar-refractivity contribution in [2.24, 2.45) is 5.92 Å². The van der Waals surface area contributed by atoms with Crippen molar-refractivity contribution in [2.45, 2.75) is 32.4 Å². The predicted octanol–water partition coefficient (Wildman–Crippen LogP) is 1.47. The number of carbonyl (C=O) groups is 2. The van der Waals surface area contributed by atoms with Gasteiger partial charge in [-0.15, -0.1) is 0 Å². The maximum atomic E-state index is 13.8. The summed E-state index contributed by atoms with van der Waals surface area (Å²) in [6.07, 6.45) is 4.07. The molecule has 0 unspecified atom stereocenters. The molecule has 0 bridgehead atoms. The molecule has 0 saturated carbocycles. The lowest BCUT2D eigenvalue weighted by Crippen LogP contribution is -2.41. The van der Waals surface area contributed by atoms with Crippen LogP contribution in [0.4, 0.5) is 4.39 Å². The van der Waals surface area contributed by atoms with E-state index in [1.165, 1.54) is 30.2 Å². The summed E-state index contributed by atoms with van der Waals surface area (Å²) < 4.78 is 13.8. The van der Waals surface area contributed by atoms with Gasteiger partial charge in [0.1, 0.15) is 12.4 Å². The van der Waals surface area contributed by atoms with E-state index < -0.39 is 6.04 Å². The molecule has 0 spiro atoms. The first-order chi connectivity index (χ1) is 11.5. The minimum Gasteiger partial charge on any atom is -0.331 e. The second-order valence-corrected chi connectivity index (χ2v) is 6.13. The molecule has 0 N–H and O–H groups in total. The molecule has 1 aromatic heterocycles. The molecule has 7 heteroatoms. The van der Waals surface area contributed by atoms with Gasteiger partial charge in [0.05, 0.1) is 18.4 Å². The molecule has 126 valence electrons. The van der Waals surface area contributed by atoms with Crippen molar-refractivity contribution in [3.8, 4) is 0 Å². The minimum atomic E-state index is -0.454. The highest BCUT2D eigenvalue weighted by atomic mass is 19.1. The van der Waals surface area contributed by atoms with Gasteiger partial charge in [-0.05, 0) is 37.3 Å². The number of Topliss-reactive ketones (excluding diaryl/α,β-unsaturated/α-hetero) is 1. The van der Waals surface area contributed by atoms with E-state index in [-0.39, 0.29) is 30.0 Å². The number of hydrogen-bond donors (Lipinski definition) is 0. The molecular weight excluding hydrogens is 311 g/mol. The van der Waals surface area contributed by atoms with Gasteiger partial charge in [0.15, 0.2) is 5.78 Å². The quantitative estimate of drug-likeness (QED) is 0.832.